The van der Waals surface area contributed by atoms with Crippen LogP contribution in [0.1, 0.15) is 55.6 Å². The lowest BCUT2D eigenvalue weighted by Gasteiger charge is -2.29. The van der Waals surface area contributed by atoms with Gasteiger partial charge < -0.3 is 15.0 Å². The lowest BCUT2D eigenvalue weighted by Crippen LogP contribution is -2.37. The zero-order valence-electron chi connectivity index (χ0n) is 20.7. The van der Waals surface area contributed by atoms with Crippen LogP contribution in [0, 0.1) is 0 Å². The molecule has 2 unspecified atom stereocenters. The Labute approximate surface area is 208 Å². The van der Waals surface area contributed by atoms with Crippen LogP contribution >= 0.6 is 0 Å². The highest BCUT2D eigenvalue weighted by Gasteiger charge is 2.29. The molecule has 0 aliphatic carbocycles. The number of morpholine rings is 1. The van der Waals surface area contributed by atoms with Crippen LogP contribution in [0.15, 0.2) is 72.8 Å². The third-order valence-electron chi connectivity index (χ3n) is 6.80. The Bertz CT molecular complexity index is 1220. The van der Waals surface area contributed by atoms with Crippen LogP contribution in [0.5, 0.6) is 0 Å². The van der Waals surface area contributed by atoms with Gasteiger partial charge in [-0.15, -0.1) is 0 Å². The van der Waals surface area contributed by atoms with Crippen molar-refractivity contribution in [1.29, 1.82) is 0 Å². The number of hydrogen-bond donors (Lipinski definition) is 1. The summed E-state index contributed by atoms with van der Waals surface area (Å²) >= 11 is 0. The Balaban J connectivity index is 1.53. The fourth-order valence-corrected chi connectivity index (χ4v) is 4.96. The van der Waals surface area contributed by atoms with Crippen molar-refractivity contribution in [1.82, 2.24) is 19.9 Å². The van der Waals surface area contributed by atoms with Crippen LogP contribution in [0.4, 0.5) is 5.82 Å². The van der Waals surface area contributed by atoms with Gasteiger partial charge in [0.15, 0.2) is 5.65 Å². The molecule has 2 atom stereocenters. The molecule has 6 nitrogen and oxygen atoms in total. The van der Waals surface area contributed by atoms with E-state index in [0.29, 0.717) is 12.0 Å². The van der Waals surface area contributed by atoms with Crippen LogP contribution in [-0.4, -0.2) is 47.4 Å². The number of nitrogens with zero attached hydrogens (tertiary/aromatic N) is 4. The first-order chi connectivity index (χ1) is 17.3. The van der Waals surface area contributed by atoms with E-state index in [0.717, 1.165) is 74.1 Å². The zero-order chi connectivity index (χ0) is 24.0. The van der Waals surface area contributed by atoms with E-state index >= 15 is 0 Å². The molecule has 0 saturated carbocycles. The summed E-state index contributed by atoms with van der Waals surface area (Å²) in [5.41, 5.74) is 5.41. The van der Waals surface area contributed by atoms with E-state index in [-0.39, 0.29) is 0 Å². The van der Waals surface area contributed by atoms with Crippen molar-refractivity contribution in [2.45, 2.75) is 38.6 Å². The second kappa shape index (κ2) is 11.0. The Morgan fingerprint density at radius 1 is 1.17 bits per heavy atom. The molecule has 3 aromatic rings. The molecule has 2 aromatic heterocycles. The van der Waals surface area contributed by atoms with E-state index in [1.807, 2.05) is 11.4 Å². The molecule has 4 heterocycles. The van der Waals surface area contributed by atoms with Gasteiger partial charge in [0.05, 0.1) is 24.6 Å². The number of nitrogens with one attached hydrogen (secondary N) is 1. The number of allylic oxidation sites excluding steroid dienone is 6. The van der Waals surface area contributed by atoms with Gasteiger partial charge in [-0.1, -0.05) is 67.6 Å². The molecule has 2 saturated heterocycles. The molecule has 182 valence electrons. The average Bonchev–Trinajstić information content (AvgIpc) is 3.57. The summed E-state index contributed by atoms with van der Waals surface area (Å²) in [5, 5.41) is 8.73. The van der Waals surface area contributed by atoms with Crippen molar-refractivity contribution in [2.75, 3.05) is 37.7 Å². The van der Waals surface area contributed by atoms with E-state index < -0.39 is 0 Å². The van der Waals surface area contributed by atoms with Gasteiger partial charge in [0.1, 0.15) is 5.82 Å². The van der Waals surface area contributed by atoms with Crippen molar-refractivity contribution in [3.63, 3.8) is 0 Å². The molecule has 6 heteroatoms. The molecular formula is C29H35N5O. The zero-order valence-corrected chi connectivity index (χ0v) is 20.7. The van der Waals surface area contributed by atoms with E-state index in [9.17, 15) is 0 Å². The fraction of sp³-hybridized carbons (Fsp3) is 0.379. The fourth-order valence-electron chi connectivity index (χ4n) is 4.96. The number of anilines is 1. The van der Waals surface area contributed by atoms with Gasteiger partial charge >= 0.3 is 0 Å². The monoisotopic (exact) mass is 469 g/mol. The molecule has 2 aliphatic rings. The van der Waals surface area contributed by atoms with Crippen LogP contribution in [0.25, 0.3) is 11.2 Å². The van der Waals surface area contributed by atoms with Gasteiger partial charge in [-0.05, 0) is 25.3 Å². The number of rotatable bonds is 7. The Kier molecular flexibility index (Phi) is 7.40. The molecule has 0 amide bonds. The Hall–Kier alpha value is -3.22. The van der Waals surface area contributed by atoms with Gasteiger partial charge in [0, 0.05) is 49.3 Å². The third-order valence-corrected chi connectivity index (χ3v) is 6.80. The highest BCUT2D eigenvalue weighted by molar-refractivity contribution is 5.75. The van der Waals surface area contributed by atoms with Crippen molar-refractivity contribution in [3.8, 4) is 0 Å². The predicted molar refractivity (Wildman–Crippen MR) is 143 cm³/mol. The summed E-state index contributed by atoms with van der Waals surface area (Å²) in [6.07, 6.45) is 12.6. The molecule has 5 rings (SSSR count). The quantitative estimate of drug-likeness (QED) is 0.475. The molecule has 0 bridgehead atoms. The molecular weight excluding hydrogens is 434 g/mol. The normalized spacial score (nSPS) is 21.7. The van der Waals surface area contributed by atoms with Crippen LogP contribution in [0.3, 0.4) is 0 Å². The highest BCUT2D eigenvalue weighted by Crippen LogP contribution is 2.35. The summed E-state index contributed by atoms with van der Waals surface area (Å²) in [4.78, 5) is 7.51. The van der Waals surface area contributed by atoms with E-state index in [1.54, 1.807) is 0 Å². The Morgan fingerprint density at radius 2 is 2.00 bits per heavy atom. The molecule has 2 aliphatic heterocycles. The maximum Gasteiger partial charge on any atom is 0.158 e. The number of ether oxygens (including phenoxy) is 1. The first-order valence-electron chi connectivity index (χ1n) is 12.8. The summed E-state index contributed by atoms with van der Waals surface area (Å²) in [5.74, 6) is 1.47. The molecule has 1 N–H and O–H groups in total. The van der Waals surface area contributed by atoms with Crippen LogP contribution in [0.2, 0.25) is 0 Å². The molecule has 1 aromatic carbocycles. The molecule has 0 radical (unpaired) electrons. The summed E-state index contributed by atoms with van der Waals surface area (Å²) in [7, 11) is 0. The minimum absolute atomic E-state index is 0.362. The lowest BCUT2D eigenvalue weighted by molar-refractivity contribution is 0.122. The maximum absolute atomic E-state index is 5.63. The van der Waals surface area contributed by atoms with Crippen LogP contribution in [-0.2, 0) is 4.74 Å². The molecule has 35 heavy (non-hydrogen) atoms. The van der Waals surface area contributed by atoms with E-state index in [4.69, 9.17) is 14.8 Å². The maximum atomic E-state index is 5.63. The SMILES string of the molecule is C\C=C/C(=C\C=C\CC)c1cc2nc(C3CNC(c4ccccc4)C3)cc(N3CCOCC3)n2n1. The standard InChI is InChI=1S/C29H35N5O/c1-3-5-7-11-22(10-4-2)27-19-28-31-26(20-29(34(28)32-27)33-14-16-35-17-15-33)24-18-25(30-21-24)23-12-8-6-9-13-23/h4-13,19-20,24-25,30H,3,14-18,21H2,1-2H3/b7-5+,10-4-,22-11+. The average molecular weight is 470 g/mol. The number of aromatic nitrogens is 3. The second-order valence-corrected chi connectivity index (χ2v) is 9.20. The lowest BCUT2D eigenvalue weighted by atomic mass is 9.97. The van der Waals surface area contributed by atoms with E-state index in [2.05, 4.69) is 90.0 Å². The van der Waals surface area contributed by atoms with E-state index in [1.165, 1.54) is 5.56 Å². The molecule has 2 fully saturated rings. The third kappa shape index (κ3) is 5.24. The van der Waals surface area contributed by atoms with Crippen molar-refractivity contribution in [2.24, 2.45) is 0 Å². The number of benzene rings is 1. The first-order valence-corrected chi connectivity index (χ1v) is 12.8. The van der Waals surface area contributed by atoms with Gasteiger partial charge in [0.2, 0.25) is 0 Å². The minimum Gasteiger partial charge on any atom is -0.378 e. The predicted octanol–water partition coefficient (Wildman–Crippen LogP) is 5.31. The van der Waals surface area contributed by atoms with Gasteiger partial charge in [-0.3, -0.25) is 0 Å². The highest BCUT2D eigenvalue weighted by atomic mass is 16.5. The summed E-state index contributed by atoms with van der Waals surface area (Å²) in [6.45, 7) is 8.31. The van der Waals surface area contributed by atoms with Gasteiger partial charge in [-0.2, -0.15) is 9.61 Å². The number of fused-ring (bicyclic) bond motifs is 1. The molecule has 0 spiro atoms. The summed E-state index contributed by atoms with van der Waals surface area (Å²) < 4.78 is 7.65. The smallest absolute Gasteiger partial charge is 0.158 e. The summed E-state index contributed by atoms with van der Waals surface area (Å²) in [6, 6.07) is 15.5. The Morgan fingerprint density at radius 3 is 2.77 bits per heavy atom. The number of hydrogen-bond acceptors (Lipinski definition) is 5. The van der Waals surface area contributed by atoms with Gasteiger partial charge in [-0.25, -0.2) is 4.98 Å². The van der Waals surface area contributed by atoms with Crippen molar-refractivity contribution in [3.05, 3.63) is 89.8 Å². The largest absolute Gasteiger partial charge is 0.378 e. The van der Waals surface area contributed by atoms with Crippen molar-refractivity contribution < 1.29 is 4.74 Å². The minimum atomic E-state index is 0.362. The van der Waals surface area contributed by atoms with Crippen molar-refractivity contribution >= 4 is 17.0 Å². The second-order valence-electron chi connectivity index (χ2n) is 9.20. The topological polar surface area (TPSA) is 54.7 Å². The van der Waals surface area contributed by atoms with Crippen LogP contribution < -0.4 is 10.2 Å². The first kappa shape index (κ1) is 23.5. The van der Waals surface area contributed by atoms with Gasteiger partial charge in [0.25, 0.3) is 0 Å².